The Balaban J connectivity index is 1.76. The minimum Gasteiger partial charge on any atom is -0.493 e. The van der Waals surface area contributed by atoms with Gasteiger partial charge in [0.15, 0.2) is 0 Å². The molecule has 0 bridgehead atoms. The lowest BCUT2D eigenvalue weighted by Gasteiger charge is -2.14. The monoisotopic (exact) mass is 355 g/mol. The summed E-state index contributed by atoms with van der Waals surface area (Å²) in [6.07, 6.45) is 0.144. The average molecular weight is 355 g/mol. The molecule has 26 heavy (non-hydrogen) atoms. The Hall–Kier alpha value is -3.02. The first-order valence-electron chi connectivity index (χ1n) is 8.43. The highest BCUT2D eigenvalue weighted by Crippen LogP contribution is 2.16. The predicted octanol–water partition coefficient (Wildman–Crippen LogP) is 2.60. The van der Waals surface area contributed by atoms with Gasteiger partial charge >= 0.3 is 0 Å². The molecule has 0 fully saturated rings. The van der Waals surface area contributed by atoms with E-state index in [1.54, 1.807) is 18.2 Å². The van der Waals surface area contributed by atoms with E-state index in [0.717, 1.165) is 17.0 Å². The largest absolute Gasteiger partial charge is 0.493 e. The number of ether oxygens (including phenoxy) is 1. The van der Waals surface area contributed by atoms with E-state index in [-0.39, 0.29) is 24.8 Å². The molecule has 2 amide bonds. The highest BCUT2D eigenvalue weighted by molar-refractivity contribution is 5.96. The number of amides is 2. The molecular formula is C20H25N3O3. The number of hydrazine groups is 1. The van der Waals surface area contributed by atoms with E-state index in [0.29, 0.717) is 5.56 Å². The van der Waals surface area contributed by atoms with Crippen molar-refractivity contribution in [3.8, 4) is 5.75 Å². The summed E-state index contributed by atoms with van der Waals surface area (Å²) in [5.74, 6) is 0.0495. The molecule has 0 heterocycles. The Labute approximate surface area is 154 Å². The first kappa shape index (κ1) is 19.3. The van der Waals surface area contributed by atoms with Crippen LogP contribution in [0.15, 0.2) is 42.5 Å². The van der Waals surface area contributed by atoms with Gasteiger partial charge in [0, 0.05) is 25.3 Å². The highest BCUT2D eigenvalue weighted by Gasteiger charge is 2.09. The fraction of sp³-hybridized carbons (Fsp3) is 0.300. The lowest BCUT2D eigenvalue weighted by molar-refractivity contribution is -0.122. The molecule has 0 aliphatic rings. The summed E-state index contributed by atoms with van der Waals surface area (Å²) in [5.41, 5.74) is 8.53. The van der Waals surface area contributed by atoms with Crippen LogP contribution < -0.4 is 20.5 Å². The van der Waals surface area contributed by atoms with E-state index in [9.17, 15) is 9.59 Å². The molecule has 2 aromatic carbocycles. The zero-order valence-corrected chi connectivity index (χ0v) is 15.6. The molecule has 0 saturated heterocycles. The number of carbonyl (C=O) groups is 2. The third kappa shape index (κ3) is 5.51. The van der Waals surface area contributed by atoms with Crippen LogP contribution in [-0.4, -0.2) is 32.5 Å². The molecule has 2 rings (SSSR count). The van der Waals surface area contributed by atoms with Crippen molar-refractivity contribution in [2.24, 2.45) is 0 Å². The van der Waals surface area contributed by atoms with Crippen molar-refractivity contribution in [2.45, 2.75) is 20.3 Å². The molecule has 0 radical (unpaired) electrons. The van der Waals surface area contributed by atoms with Crippen LogP contribution in [0.25, 0.3) is 0 Å². The van der Waals surface area contributed by atoms with Gasteiger partial charge in [0.1, 0.15) is 5.75 Å². The fourth-order valence-electron chi connectivity index (χ4n) is 2.25. The predicted molar refractivity (Wildman–Crippen MR) is 102 cm³/mol. The van der Waals surface area contributed by atoms with Crippen LogP contribution in [0.2, 0.25) is 0 Å². The van der Waals surface area contributed by atoms with Crippen LogP contribution in [0.1, 0.15) is 27.9 Å². The smallest absolute Gasteiger partial charge is 0.269 e. The number of carbonyl (C=O) groups excluding carboxylic acids is 2. The summed E-state index contributed by atoms with van der Waals surface area (Å²) in [6, 6.07) is 12.9. The minimum absolute atomic E-state index is 0.144. The van der Waals surface area contributed by atoms with Crippen LogP contribution >= 0.6 is 0 Å². The van der Waals surface area contributed by atoms with Crippen LogP contribution in [-0.2, 0) is 4.79 Å². The number of benzene rings is 2. The Bertz CT molecular complexity index is 788. The van der Waals surface area contributed by atoms with Crippen molar-refractivity contribution >= 4 is 17.5 Å². The number of nitrogens with zero attached hydrogens (tertiary/aromatic N) is 1. The van der Waals surface area contributed by atoms with Crippen LogP contribution in [0.3, 0.4) is 0 Å². The van der Waals surface area contributed by atoms with Crippen LogP contribution in [0, 0.1) is 13.8 Å². The van der Waals surface area contributed by atoms with Crippen molar-refractivity contribution in [1.82, 2.24) is 10.9 Å². The number of anilines is 1. The van der Waals surface area contributed by atoms with Gasteiger partial charge in [-0.2, -0.15) is 0 Å². The molecule has 0 unspecified atom stereocenters. The van der Waals surface area contributed by atoms with E-state index < -0.39 is 0 Å². The topological polar surface area (TPSA) is 70.7 Å². The SMILES string of the molecule is Cc1ccc(OCCC(=O)NNC(=O)c2cccc(N(C)C)c2)cc1C. The second-order valence-electron chi connectivity index (χ2n) is 6.29. The highest BCUT2D eigenvalue weighted by atomic mass is 16.5. The molecule has 2 N–H and O–H groups in total. The lowest BCUT2D eigenvalue weighted by Crippen LogP contribution is -2.42. The Morgan fingerprint density at radius 1 is 1.00 bits per heavy atom. The summed E-state index contributed by atoms with van der Waals surface area (Å²) in [5, 5.41) is 0. The van der Waals surface area contributed by atoms with Gasteiger partial charge in [-0.1, -0.05) is 12.1 Å². The van der Waals surface area contributed by atoms with Gasteiger partial charge in [0.2, 0.25) is 5.91 Å². The van der Waals surface area contributed by atoms with Crippen molar-refractivity contribution < 1.29 is 14.3 Å². The maximum Gasteiger partial charge on any atom is 0.269 e. The van der Waals surface area contributed by atoms with Crippen molar-refractivity contribution in [1.29, 1.82) is 0 Å². The van der Waals surface area contributed by atoms with Gasteiger partial charge in [-0.3, -0.25) is 20.4 Å². The summed E-state index contributed by atoms with van der Waals surface area (Å²) >= 11 is 0. The normalized spacial score (nSPS) is 10.2. The van der Waals surface area contributed by atoms with Crippen LogP contribution in [0.5, 0.6) is 5.75 Å². The lowest BCUT2D eigenvalue weighted by atomic mass is 10.1. The maximum absolute atomic E-state index is 12.1. The van der Waals surface area contributed by atoms with Crippen molar-refractivity contribution in [3.63, 3.8) is 0 Å². The molecule has 2 aromatic rings. The van der Waals surface area contributed by atoms with Gasteiger partial charge in [-0.15, -0.1) is 0 Å². The molecule has 0 spiro atoms. The summed E-state index contributed by atoms with van der Waals surface area (Å²) in [7, 11) is 3.79. The zero-order chi connectivity index (χ0) is 19.1. The summed E-state index contributed by atoms with van der Waals surface area (Å²) in [6.45, 7) is 4.28. The zero-order valence-electron chi connectivity index (χ0n) is 15.6. The van der Waals surface area contributed by atoms with Gasteiger partial charge in [0.05, 0.1) is 13.0 Å². The van der Waals surface area contributed by atoms with E-state index in [2.05, 4.69) is 10.9 Å². The second-order valence-corrected chi connectivity index (χ2v) is 6.29. The molecule has 0 aromatic heterocycles. The molecule has 0 atom stereocenters. The summed E-state index contributed by atoms with van der Waals surface area (Å²) < 4.78 is 5.57. The third-order valence-corrected chi connectivity index (χ3v) is 4.02. The first-order valence-corrected chi connectivity index (χ1v) is 8.43. The quantitative estimate of drug-likeness (QED) is 0.782. The second kappa shape index (κ2) is 8.89. The van der Waals surface area contributed by atoms with E-state index in [4.69, 9.17) is 4.74 Å². The number of nitrogens with one attached hydrogen (secondary N) is 2. The van der Waals surface area contributed by atoms with Gasteiger partial charge in [-0.05, 0) is 55.3 Å². The summed E-state index contributed by atoms with van der Waals surface area (Å²) in [4.78, 5) is 25.9. The molecular weight excluding hydrogens is 330 g/mol. The average Bonchev–Trinajstić information content (AvgIpc) is 2.62. The van der Waals surface area contributed by atoms with Gasteiger partial charge < -0.3 is 9.64 Å². The number of aryl methyl sites for hydroxylation is 2. The van der Waals surface area contributed by atoms with E-state index in [1.807, 2.05) is 57.1 Å². The van der Waals surface area contributed by atoms with E-state index >= 15 is 0 Å². The maximum atomic E-state index is 12.1. The standard InChI is InChI=1S/C20H25N3O3/c1-14-8-9-18(12-15(14)2)26-11-10-19(24)21-22-20(25)16-6-5-7-17(13-16)23(3)4/h5-9,12-13H,10-11H2,1-4H3,(H,21,24)(H,22,25). The molecule has 0 aliphatic carbocycles. The van der Waals surface area contributed by atoms with Gasteiger partial charge in [0.25, 0.3) is 5.91 Å². The van der Waals surface area contributed by atoms with Crippen molar-refractivity contribution in [2.75, 3.05) is 25.6 Å². The molecule has 138 valence electrons. The number of rotatable bonds is 6. The molecule has 6 nitrogen and oxygen atoms in total. The molecule has 6 heteroatoms. The molecule has 0 aliphatic heterocycles. The molecule has 0 saturated carbocycles. The first-order chi connectivity index (χ1) is 12.4. The Kier molecular flexibility index (Phi) is 6.60. The fourth-order valence-corrected chi connectivity index (χ4v) is 2.25. The Morgan fingerprint density at radius 3 is 2.46 bits per heavy atom. The van der Waals surface area contributed by atoms with E-state index in [1.165, 1.54) is 5.56 Å². The third-order valence-electron chi connectivity index (χ3n) is 4.02. The van der Waals surface area contributed by atoms with Crippen molar-refractivity contribution in [3.05, 3.63) is 59.2 Å². The van der Waals surface area contributed by atoms with Gasteiger partial charge in [-0.25, -0.2) is 0 Å². The Morgan fingerprint density at radius 2 is 1.77 bits per heavy atom. The number of hydrogen-bond donors (Lipinski definition) is 2. The minimum atomic E-state index is -0.364. The van der Waals surface area contributed by atoms with Crippen LogP contribution in [0.4, 0.5) is 5.69 Å². The number of hydrogen-bond acceptors (Lipinski definition) is 4.